The van der Waals surface area contributed by atoms with Crippen molar-refractivity contribution in [1.82, 2.24) is 0 Å². The van der Waals surface area contributed by atoms with Gasteiger partial charge < -0.3 is 5.11 Å². The van der Waals surface area contributed by atoms with Crippen molar-refractivity contribution in [3.63, 3.8) is 0 Å². The van der Waals surface area contributed by atoms with E-state index in [1.165, 1.54) is 57.8 Å². The minimum Gasteiger partial charge on any atom is -0.393 e. The lowest BCUT2D eigenvalue weighted by atomic mass is 9.76. The van der Waals surface area contributed by atoms with E-state index in [-0.39, 0.29) is 6.10 Å². The van der Waals surface area contributed by atoms with Gasteiger partial charge in [0, 0.05) is 0 Å². The summed E-state index contributed by atoms with van der Waals surface area (Å²) >= 11 is 0. The molecule has 0 bridgehead atoms. The molecule has 0 aromatic heterocycles. The van der Waals surface area contributed by atoms with Crippen LogP contribution >= 0.6 is 0 Å². The monoisotopic (exact) mass is 196 g/mol. The fraction of sp³-hybridized carbons (Fsp3) is 1.00. The second kappa shape index (κ2) is 5.16. The van der Waals surface area contributed by atoms with Gasteiger partial charge in [-0.3, -0.25) is 0 Å². The molecule has 0 aliphatic heterocycles. The topological polar surface area (TPSA) is 20.2 Å². The van der Waals surface area contributed by atoms with E-state index in [2.05, 4.69) is 0 Å². The van der Waals surface area contributed by atoms with Crippen LogP contribution in [0.3, 0.4) is 0 Å². The Hall–Kier alpha value is -0.0400. The molecule has 0 unspecified atom stereocenters. The molecule has 0 radical (unpaired) electrons. The lowest BCUT2D eigenvalue weighted by molar-refractivity contribution is 0.0522. The van der Waals surface area contributed by atoms with E-state index in [1.54, 1.807) is 0 Å². The molecule has 1 nitrogen and oxygen atoms in total. The fourth-order valence-corrected chi connectivity index (χ4v) is 3.31. The van der Waals surface area contributed by atoms with Crippen LogP contribution in [0.15, 0.2) is 0 Å². The molecule has 0 amide bonds. The Labute approximate surface area is 87.9 Å². The molecule has 0 saturated heterocycles. The van der Waals surface area contributed by atoms with Gasteiger partial charge in [-0.1, -0.05) is 44.9 Å². The number of aliphatic hydroxyl groups is 1. The molecule has 2 atom stereocenters. The summed E-state index contributed by atoms with van der Waals surface area (Å²) in [6, 6.07) is 0. The van der Waals surface area contributed by atoms with Gasteiger partial charge in [-0.05, 0) is 31.1 Å². The summed E-state index contributed by atoms with van der Waals surface area (Å²) in [6.45, 7) is 0. The van der Waals surface area contributed by atoms with E-state index < -0.39 is 0 Å². The van der Waals surface area contributed by atoms with Crippen molar-refractivity contribution in [3.05, 3.63) is 0 Å². The van der Waals surface area contributed by atoms with Crippen molar-refractivity contribution in [1.29, 1.82) is 0 Å². The highest BCUT2D eigenvalue weighted by Crippen LogP contribution is 2.35. The van der Waals surface area contributed by atoms with Crippen LogP contribution in [0, 0.1) is 11.8 Å². The second-order valence-corrected chi connectivity index (χ2v) is 5.35. The van der Waals surface area contributed by atoms with Gasteiger partial charge in [0.1, 0.15) is 0 Å². The Kier molecular flexibility index (Phi) is 3.86. The summed E-state index contributed by atoms with van der Waals surface area (Å²) in [7, 11) is 0. The molecule has 2 rings (SSSR count). The zero-order valence-corrected chi connectivity index (χ0v) is 9.25. The first-order valence-corrected chi connectivity index (χ1v) is 6.54. The van der Waals surface area contributed by atoms with Crippen LogP contribution in [0.25, 0.3) is 0 Å². The standard InChI is InChI=1S/C13H24O/c14-13-9-5-4-8-12(13)10-11-6-2-1-3-7-11/h11-14H,1-10H2/t12-,13+/m0/s1. The first-order chi connectivity index (χ1) is 6.86. The maximum Gasteiger partial charge on any atom is 0.0568 e. The molecular formula is C13H24O. The highest BCUT2D eigenvalue weighted by molar-refractivity contribution is 4.78. The number of hydrogen-bond acceptors (Lipinski definition) is 1. The van der Waals surface area contributed by atoms with Crippen LogP contribution < -0.4 is 0 Å². The third-order valence-corrected chi connectivity index (χ3v) is 4.23. The molecule has 1 N–H and O–H groups in total. The van der Waals surface area contributed by atoms with Crippen LogP contribution in [0.5, 0.6) is 0 Å². The summed E-state index contributed by atoms with van der Waals surface area (Å²) < 4.78 is 0. The zero-order valence-electron chi connectivity index (χ0n) is 9.25. The molecule has 2 fully saturated rings. The second-order valence-electron chi connectivity index (χ2n) is 5.35. The maximum atomic E-state index is 9.90. The van der Waals surface area contributed by atoms with Gasteiger partial charge in [0.05, 0.1) is 6.10 Å². The maximum absolute atomic E-state index is 9.90. The van der Waals surface area contributed by atoms with Crippen molar-refractivity contribution >= 4 is 0 Å². The molecule has 14 heavy (non-hydrogen) atoms. The Bertz CT molecular complexity index is 161. The van der Waals surface area contributed by atoms with Crippen molar-refractivity contribution in [2.75, 3.05) is 0 Å². The number of aliphatic hydroxyl groups excluding tert-OH is 1. The van der Waals surface area contributed by atoms with Crippen molar-refractivity contribution in [3.8, 4) is 0 Å². The van der Waals surface area contributed by atoms with E-state index in [1.807, 2.05) is 0 Å². The molecule has 1 heteroatoms. The van der Waals surface area contributed by atoms with E-state index in [4.69, 9.17) is 0 Å². The van der Waals surface area contributed by atoms with Crippen LogP contribution in [0.1, 0.15) is 64.2 Å². The molecule has 0 aromatic rings. The van der Waals surface area contributed by atoms with Crippen molar-refractivity contribution in [2.45, 2.75) is 70.3 Å². The van der Waals surface area contributed by atoms with Gasteiger partial charge >= 0.3 is 0 Å². The minimum absolute atomic E-state index is 0.0330. The molecule has 2 aliphatic rings. The molecule has 2 aliphatic carbocycles. The first kappa shape index (κ1) is 10.5. The van der Waals surface area contributed by atoms with Gasteiger partial charge in [-0.2, -0.15) is 0 Å². The zero-order chi connectivity index (χ0) is 9.80. The largest absolute Gasteiger partial charge is 0.393 e. The lowest BCUT2D eigenvalue weighted by Crippen LogP contribution is -2.27. The summed E-state index contributed by atoms with van der Waals surface area (Å²) in [4.78, 5) is 0. The fourth-order valence-electron chi connectivity index (χ4n) is 3.31. The van der Waals surface area contributed by atoms with Gasteiger partial charge in [-0.25, -0.2) is 0 Å². The Morgan fingerprint density at radius 1 is 0.786 bits per heavy atom. The SMILES string of the molecule is O[C@@H]1CCCC[C@H]1CC1CCCCC1. The molecule has 2 saturated carbocycles. The normalized spacial score (nSPS) is 35.8. The van der Waals surface area contributed by atoms with Crippen molar-refractivity contribution in [2.24, 2.45) is 11.8 Å². The lowest BCUT2D eigenvalue weighted by Gasteiger charge is -2.32. The van der Waals surface area contributed by atoms with E-state index in [0.29, 0.717) is 5.92 Å². The number of hydrogen-bond donors (Lipinski definition) is 1. The van der Waals surface area contributed by atoms with Crippen LogP contribution in [-0.4, -0.2) is 11.2 Å². The van der Waals surface area contributed by atoms with Gasteiger partial charge in [-0.15, -0.1) is 0 Å². The highest BCUT2D eigenvalue weighted by Gasteiger charge is 2.26. The van der Waals surface area contributed by atoms with Gasteiger partial charge in [0.15, 0.2) is 0 Å². The summed E-state index contributed by atoms with van der Waals surface area (Å²) in [5.41, 5.74) is 0. The average molecular weight is 196 g/mol. The Morgan fingerprint density at radius 3 is 2.14 bits per heavy atom. The third-order valence-electron chi connectivity index (χ3n) is 4.23. The molecule has 0 heterocycles. The molecule has 0 spiro atoms. The number of rotatable bonds is 2. The third kappa shape index (κ3) is 2.73. The minimum atomic E-state index is 0.0330. The summed E-state index contributed by atoms with van der Waals surface area (Å²) in [5, 5.41) is 9.90. The predicted molar refractivity (Wildman–Crippen MR) is 59.2 cm³/mol. The summed E-state index contributed by atoms with van der Waals surface area (Å²) in [5.74, 6) is 1.59. The van der Waals surface area contributed by atoms with Gasteiger partial charge in [0.2, 0.25) is 0 Å². The van der Waals surface area contributed by atoms with Gasteiger partial charge in [0.25, 0.3) is 0 Å². The Morgan fingerprint density at radius 2 is 1.43 bits per heavy atom. The van der Waals surface area contributed by atoms with Crippen LogP contribution in [-0.2, 0) is 0 Å². The average Bonchev–Trinajstić information content (AvgIpc) is 2.23. The molecular weight excluding hydrogens is 172 g/mol. The van der Waals surface area contributed by atoms with E-state index >= 15 is 0 Å². The first-order valence-electron chi connectivity index (χ1n) is 6.54. The predicted octanol–water partition coefficient (Wildman–Crippen LogP) is 3.51. The Balaban J connectivity index is 1.76. The molecule has 0 aromatic carbocycles. The quantitative estimate of drug-likeness (QED) is 0.716. The van der Waals surface area contributed by atoms with Crippen LogP contribution in [0.2, 0.25) is 0 Å². The van der Waals surface area contributed by atoms with Crippen molar-refractivity contribution < 1.29 is 5.11 Å². The van der Waals surface area contributed by atoms with Crippen LogP contribution in [0.4, 0.5) is 0 Å². The smallest absolute Gasteiger partial charge is 0.0568 e. The highest BCUT2D eigenvalue weighted by atomic mass is 16.3. The molecule has 82 valence electrons. The van der Waals surface area contributed by atoms with E-state index in [9.17, 15) is 5.11 Å². The summed E-state index contributed by atoms with van der Waals surface area (Å²) in [6.07, 6.45) is 13.5. The van der Waals surface area contributed by atoms with E-state index in [0.717, 1.165) is 12.3 Å².